The Balaban J connectivity index is 2.09. The Bertz CT molecular complexity index is 969. The zero-order valence-electron chi connectivity index (χ0n) is 16.0. The van der Waals surface area contributed by atoms with Gasteiger partial charge >= 0.3 is 0 Å². The molecule has 0 aliphatic heterocycles. The molecule has 0 amide bonds. The van der Waals surface area contributed by atoms with E-state index in [0.29, 0.717) is 6.61 Å². The minimum absolute atomic E-state index is 0.151. The lowest BCUT2D eigenvalue weighted by Crippen LogP contribution is -2.01. The number of allylic oxidation sites excluding steroid dienone is 5. The molecule has 0 atom stereocenters. The third kappa shape index (κ3) is 4.86. The van der Waals surface area contributed by atoms with Crippen molar-refractivity contribution in [1.82, 2.24) is 0 Å². The van der Waals surface area contributed by atoms with Crippen LogP contribution in [0.1, 0.15) is 30.9 Å². The van der Waals surface area contributed by atoms with Gasteiger partial charge in [0.2, 0.25) is 0 Å². The first-order valence-corrected chi connectivity index (χ1v) is 9.53. The van der Waals surface area contributed by atoms with Gasteiger partial charge in [0.15, 0.2) is 0 Å². The molecule has 3 heteroatoms. The first kappa shape index (κ1) is 19.4. The van der Waals surface area contributed by atoms with Crippen molar-refractivity contribution >= 4 is 5.57 Å². The highest BCUT2D eigenvalue weighted by Gasteiger charge is 2.14. The molecule has 3 nitrogen and oxygen atoms in total. The molecule has 1 aliphatic carbocycles. The van der Waals surface area contributed by atoms with Crippen LogP contribution >= 0.6 is 0 Å². The molecule has 140 valence electrons. The minimum atomic E-state index is 0.151. The van der Waals surface area contributed by atoms with E-state index < -0.39 is 0 Å². The standard InChI is InChI=1S/C25H23NO2/c1-2-9-24(20-10-5-3-6-11-20)25(21-12-7-4-8-13-21)22-14-16-23(17-15-22)28-19-18-26-27/h3-5,7-8,10,12-17H,2,9,18-19H2,1H3/b25-24-. The van der Waals surface area contributed by atoms with Crippen LogP contribution in [-0.2, 0) is 0 Å². The molecule has 0 unspecified atom stereocenters. The fourth-order valence-corrected chi connectivity index (χ4v) is 3.21. The number of hydrogen-bond donors (Lipinski definition) is 0. The van der Waals surface area contributed by atoms with Gasteiger partial charge in [-0.1, -0.05) is 78.5 Å². The summed E-state index contributed by atoms with van der Waals surface area (Å²) in [5.41, 5.74) is 12.2. The molecule has 0 N–H and O–H groups in total. The van der Waals surface area contributed by atoms with E-state index in [1.54, 1.807) is 0 Å². The van der Waals surface area contributed by atoms with Gasteiger partial charge in [0.05, 0.1) is 0 Å². The molecular weight excluding hydrogens is 346 g/mol. The summed E-state index contributed by atoms with van der Waals surface area (Å²) in [7, 11) is 0. The minimum Gasteiger partial charge on any atom is -0.492 e. The van der Waals surface area contributed by atoms with Gasteiger partial charge in [-0.3, -0.25) is 0 Å². The van der Waals surface area contributed by atoms with Gasteiger partial charge in [0, 0.05) is 5.57 Å². The van der Waals surface area contributed by atoms with Crippen LogP contribution in [0.25, 0.3) is 5.57 Å². The summed E-state index contributed by atoms with van der Waals surface area (Å²) in [6.45, 7) is 2.63. The number of benzene rings is 2. The summed E-state index contributed by atoms with van der Waals surface area (Å²) >= 11 is 0. The van der Waals surface area contributed by atoms with Crippen LogP contribution in [0.2, 0.25) is 0 Å². The highest BCUT2D eigenvalue weighted by molar-refractivity contribution is 5.85. The average Bonchev–Trinajstić information content (AvgIpc) is 2.76. The van der Waals surface area contributed by atoms with Crippen LogP contribution in [0.5, 0.6) is 5.75 Å². The number of ether oxygens (including phenoxy) is 1. The van der Waals surface area contributed by atoms with Gasteiger partial charge in [-0.2, -0.15) is 4.91 Å². The summed E-state index contributed by atoms with van der Waals surface area (Å²) in [4.78, 5) is 10.2. The molecule has 0 bridgehead atoms. The smallest absolute Gasteiger partial charge is 0.119 e. The van der Waals surface area contributed by atoms with Crippen molar-refractivity contribution in [2.75, 3.05) is 13.2 Å². The van der Waals surface area contributed by atoms with Gasteiger partial charge < -0.3 is 4.74 Å². The second-order valence-corrected chi connectivity index (χ2v) is 6.40. The highest BCUT2D eigenvalue weighted by atomic mass is 16.5. The molecule has 0 heterocycles. The van der Waals surface area contributed by atoms with Crippen molar-refractivity contribution < 1.29 is 4.74 Å². The third-order valence-electron chi connectivity index (χ3n) is 4.43. The predicted octanol–water partition coefficient (Wildman–Crippen LogP) is 6.24. The van der Waals surface area contributed by atoms with Crippen molar-refractivity contribution in [3.8, 4) is 5.75 Å². The van der Waals surface area contributed by atoms with E-state index in [-0.39, 0.29) is 6.54 Å². The van der Waals surface area contributed by atoms with Crippen LogP contribution < -0.4 is 4.74 Å². The predicted molar refractivity (Wildman–Crippen MR) is 114 cm³/mol. The van der Waals surface area contributed by atoms with E-state index in [1.807, 2.05) is 30.4 Å². The molecule has 0 aromatic heterocycles. The molecule has 0 saturated heterocycles. The molecule has 28 heavy (non-hydrogen) atoms. The average molecular weight is 369 g/mol. The van der Waals surface area contributed by atoms with E-state index in [1.165, 1.54) is 16.7 Å². The van der Waals surface area contributed by atoms with E-state index >= 15 is 0 Å². The second-order valence-electron chi connectivity index (χ2n) is 6.40. The van der Waals surface area contributed by atoms with Crippen LogP contribution in [0.15, 0.2) is 101 Å². The Hall–Kier alpha value is -3.38. The fourth-order valence-electron chi connectivity index (χ4n) is 3.21. The summed E-state index contributed by atoms with van der Waals surface area (Å²) < 4.78 is 5.56. The lowest BCUT2D eigenvalue weighted by Gasteiger charge is -2.17. The number of nitrogens with zero attached hydrogens (tertiary/aromatic N) is 1. The lowest BCUT2D eigenvalue weighted by atomic mass is 9.87. The lowest BCUT2D eigenvalue weighted by molar-refractivity contribution is 0.328. The molecule has 0 fully saturated rings. The molecule has 2 aromatic carbocycles. The van der Waals surface area contributed by atoms with Crippen molar-refractivity contribution in [3.63, 3.8) is 0 Å². The number of nitroso groups, excluding NO2 is 1. The normalized spacial score (nSPS) is 13.1. The zero-order valence-corrected chi connectivity index (χ0v) is 16.0. The largest absolute Gasteiger partial charge is 0.492 e. The van der Waals surface area contributed by atoms with Crippen molar-refractivity contribution in [2.24, 2.45) is 5.18 Å². The zero-order chi connectivity index (χ0) is 19.6. The Morgan fingerprint density at radius 2 is 1.79 bits per heavy atom. The van der Waals surface area contributed by atoms with Crippen LogP contribution in [-0.4, -0.2) is 13.2 Å². The van der Waals surface area contributed by atoms with Gasteiger partial charge in [0.25, 0.3) is 0 Å². The Morgan fingerprint density at radius 1 is 1.04 bits per heavy atom. The first-order valence-electron chi connectivity index (χ1n) is 9.53. The maximum Gasteiger partial charge on any atom is 0.119 e. The van der Waals surface area contributed by atoms with E-state index in [9.17, 15) is 4.91 Å². The number of hydrogen-bond acceptors (Lipinski definition) is 3. The second kappa shape index (κ2) is 10.1. The molecular formula is C25H23NO2. The summed E-state index contributed by atoms with van der Waals surface area (Å²) in [6.07, 6.45) is 7.95. The van der Waals surface area contributed by atoms with Gasteiger partial charge in [-0.15, -0.1) is 0 Å². The molecule has 3 rings (SSSR count). The van der Waals surface area contributed by atoms with Gasteiger partial charge in [0.1, 0.15) is 18.9 Å². The van der Waals surface area contributed by atoms with Crippen molar-refractivity contribution in [1.29, 1.82) is 0 Å². The van der Waals surface area contributed by atoms with E-state index in [0.717, 1.165) is 29.7 Å². The van der Waals surface area contributed by atoms with E-state index in [4.69, 9.17) is 4.74 Å². The Labute approximate surface area is 166 Å². The quantitative estimate of drug-likeness (QED) is 0.298. The molecule has 1 aliphatic rings. The van der Waals surface area contributed by atoms with Gasteiger partial charge in [-0.05, 0) is 53.0 Å². The first-order chi connectivity index (χ1) is 13.8. The monoisotopic (exact) mass is 369 g/mol. The van der Waals surface area contributed by atoms with Crippen LogP contribution in [0.4, 0.5) is 0 Å². The molecule has 0 radical (unpaired) electrons. The van der Waals surface area contributed by atoms with Crippen molar-refractivity contribution in [3.05, 3.63) is 111 Å². The summed E-state index contributed by atoms with van der Waals surface area (Å²) in [6, 6.07) is 18.4. The summed E-state index contributed by atoms with van der Waals surface area (Å²) in [5.74, 6) is 0.733. The Kier molecular flexibility index (Phi) is 6.98. The molecule has 0 saturated carbocycles. The highest BCUT2D eigenvalue weighted by Crippen LogP contribution is 2.34. The number of rotatable bonds is 9. The molecule has 0 spiro atoms. The maximum atomic E-state index is 10.2. The van der Waals surface area contributed by atoms with Crippen LogP contribution in [0, 0.1) is 4.91 Å². The van der Waals surface area contributed by atoms with Crippen LogP contribution in [0.3, 0.4) is 0 Å². The third-order valence-corrected chi connectivity index (χ3v) is 4.43. The van der Waals surface area contributed by atoms with E-state index in [2.05, 4.69) is 66.0 Å². The summed E-state index contributed by atoms with van der Waals surface area (Å²) in [5, 5.41) is 2.82. The maximum absolute atomic E-state index is 10.2. The Morgan fingerprint density at radius 3 is 2.43 bits per heavy atom. The van der Waals surface area contributed by atoms with Crippen molar-refractivity contribution in [2.45, 2.75) is 19.8 Å². The van der Waals surface area contributed by atoms with Gasteiger partial charge in [-0.25, -0.2) is 0 Å². The molecule has 2 aromatic rings. The fraction of sp³-hybridized carbons (Fsp3) is 0.200. The topological polar surface area (TPSA) is 38.7 Å². The SMILES string of the molecule is CCC/C(C1=C=C=CC=C1)=C(\c1ccccc1)c1ccc(OCCN=O)cc1.